The van der Waals surface area contributed by atoms with Crippen molar-refractivity contribution in [2.45, 2.75) is 58.8 Å². The van der Waals surface area contributed by atoms with Crippen molar-refractivity contribution in [2.24, 2.45) is 0 Å². The van der Waals surface area contributed by atoms with Crippen LogP contribution in [-0.2, 0) is 14.9 Å². The molecule has 0 aromatic heterocycles. The lowest BCUT2D eigenvalue weighted by Gasteiger charge is -2.23. The maximum atomic E-state index is 11.0. The van der Waals surface area contributed by atoms with Crippen LogP contribution in [0.1, 0.15) is 57.6 Å². The molecule has 0 aliphatic rings. The van der Waals surface area contributed by atoms with Gasteiger partial charge in [-0.05, 0) is 43.2 Å². The maximum absolute atomic E-state index is 11.0. The van der Waals surface area contributed by atoms with E-state index >= 15 is 0 Å². The van der Waals surface area contributed by atoms with Crippen molar-refractivity contribution < 1.29 is 14.3 Å². The van der Waals surface area contributed by atoms with Gasteiger partial charge in [-0.15, -0.1) is 0 Å². The molecule has 1 rings (SSSR count). The fourth-order valence-electron chi connectivity index (χ4n) is 2.19. The minimum Gasteiger partial charge on any atom is -0.493 e. The predicted molar refractivity (Wildman–Crippen MR) is 85.9 cm³/mol. The van der Waals surface area contributed by atoms with E-state index in [-0.39, 0.29) is 11.4 Å². The molecule has 0 radical (unpaired) electrons. The van der Waals surface area contributed by atoms with Crippen LogP contribution in [0.3, 0.4) is 0 Å². The van der Waals surface area contributed by atoms with Gasteiger partial charge in [-0.2, -0.15) is 0 Å². The molecule has 21 heavy (non-hydrogen) atoms. The third-order valence-electron chi connectivity index (χ3n) is 3.45. The number of hydrogen-bond acceptors (Lipinski definition) is 3. The second-order valence-corrected chi connectivity index (χ2v) is 6.48. The maximum Gasteiger partial charge on any atom is 0.305 e. The van der Waals surface area contributed by atoms with Gasteiger partial charge in [-0.3, -0.25) is 4.79 Å². The van der Waals surface area contributed by atoms with Crippen molar-refractivity contribution in [3.05, 3.63) is 29.3 Å². The van der Waals surface area contributed by atoms with Gasteiger partial charge in [0.25, 0.3) is 0 Å². The number of aryl methyl sites for hydroxylation is 1. The van der Waals surface area contributed by atoms with Crippen LogP contribution in [-0.4, -0.2) is 19.7 Å². The largest absolute Gasteiger partial charge is 0.493 e. The molecule has 1 aromatic rings. The van der Waals surface area contributed by atoms with Gasteiger partial charge in [0, 0.05) is 6.42 Å². The van der Waals surface area contributed by atoms with Crippen LogP contribution >= 0.6 is 0 Å². The third kappa shape index (κ3) is 6.19. The normalized spacial score (nSPS) is 11.3. The molecule has 3 nitrogen and oxygen atoms in total. The zero-order valence-electron chi connectivity index (χ0n) is 14.0. The summed E-state index contributed by atoms with van der Waals surface area (Å²) in [6.45, 7) is 9.39. The summed E-state index contributed by atoms with van der Waals surface area (Å²) in [6.07, 6.45) is 3.28. The summed E-state index contributed by atoms with van der Waals surface area (Å²) in [7, 11) is 1.43. The molecule has 0 aliphatic heterocycles. The Morgan fingerprint density at radius 1 is 1.14 bits per heavy atom. The second kappa shape index (κ2) is 8.06. The van der Waals surface area contributed by atoms with Crippen LogP contribution in [0.4, 0.5) is 0 Å². The van der Waals surface area contributed by atoms with Gasteiger partial charge < -0.3 is 9.47 Å². The van der Waals surface area contributed by atoms with Crippen LogP contribution in [0.25, 0.3) is 0 Å². The molecule has 0 saturated carbocycles. The topological polar surface area (TPSA) is 35.5 Å². The van der Waals surface area contributed by atoms with E-state index in [1.807, 2.05) is 0 Å². The van der Waals surface area contributed by atoms with E-state index in [0.29, 0.717) is 13.0 Å². The van der Waals surface area contributed by atoms with Gasteiger partial charge >= 0.3 is 5.97 Å². The Balaban J connectivity index is 2.44. The molecule has 0 amide bonds. The van der Waals surface area contributed by atoms with Gasteiger partial charge in [0.05, 0.1) is 13.7 Å². The van der Waals surface area contributed by atoms with Crippen LogP contribution in [0.2, 0.25) is 0 Å². The van der Waals surface area contributed by atoms with Crippen molar-refractivity contribution in [1.82, 2.24) is 0 Å². The summed E-state index contributed by atoms with van der Waals surface area (Å²) in [6, 6.07) is 6.35. The third-order valence-corrected chi connectivity index (χ3v) is 3.45. The Morgan fingerprint density at radius 3 is 2.48 bits per heavy atom. The number of ether oxygens (including phenoxy) is 2. The van der Waals surface area contributed by atoms with E-state index in [1.54, 1.807) is 0 Å². The summed E-state index contributed by atoms with van der Waals surface area (Å²) in [4.78, 5) is 11.0. The smallest absolute Gasteiger partial charge is 0.305 e. The molecular formula is C18H28O3. The Morgan fingerprint density at radius 2 is 1.86 bits per heavy atom. The first kappa shape index (κ1) is 17.5. The highest BCUT2D eigenvalue weighted by Crippen LogP contribution is 2.32. The fourth-order valence-corrected chi connectivity index (χ4v) is 2.19. The van der Waals surface area contributed by atoms with Crippen molar-refractivity contribution in [2.75, 3.05) is 13.7 Å². The molecule has 0 spiro atoms. The number of hydrogen-bond donors (Lipinski definition) is 0. The Labute approximate surface area is 128 Å². The van der Waals surface area contributed by atoms with Crippen molar-refractivity contribution in [1.29, 1.82) is 0 Å². The fraction of sp³-hybridized carbons (Fsp3) is 0.611. The molecule has 0 saturated heterocycles. The average Bonchev–Trinajstić information content (AvgIpc) is 2.42. The van der Waals surface area contributed by atoms with E-state index in [9.17, 15) is 4.79 Å². The Hall–Kier alpha value is -1.51. The van der Waals surface area contributed by atoms with E-state index in [0.717, 1.165) is 25.0 Å². The minimum atomic E-state index is -0.135. The van der Waals surface area contributed by atoms with Crippen molar-refractivity contribution in [3.63, 3.8) is 0 Å². The molecule has 3 heteroatoms. The van der Waals surface area contributed by atoms with Crippen LogP contribution in [0.15, 0.2) is 18.2 Å². The van der Waals surface area contributed by atoms with Gasteiger partial charge in [0.2, 0.25) is 0 Å². The first-order valence-corrected chi connectivity index (χ1v) is 7.65. The van der Waals surface area contributed by atoms with Gasteiger partial charge in [0.1, 0.15) is 5.75 Å². The van der Waals surface area contributed by atoms with E-state index in [2.05, 4.69) is 50.6 Å². The molecule has 0 bridgehead atoms. The highest BCUT2D eigenvalue weighted by Gasteiger charge is 2.19. The SMILES string of the molecule is COC(=O)CCCCCOc1ccc(C)cc1C(C)(C)C. The van der Waals surface area contributed by atoms with Crippen LogP contribution < -0.4 is 4.74 Å². The number of unbranched alkanes of at least 4 members (excludes halogenated alkanes) is 2. The van der Waals surface area contributed by atoms with Crippen LogP contribution in [0, 0.1) is 6.92 Å². The molecule has 0 N–H and O–H groups in total. The summed E-state index contributed by atoms with van der Waals surface area (Å²) in [5, 5.41) is 0. The molecular weight excluding hydrogens is 264 g/mol. The number of benzene rings is 1. The zero-order valence-corrected chi connectivity index (χ0v) is 14.0. The first-order chi connectivity index (χ1) is 9.84. The molecule has 1 aromatic carbocycles. The minimum absolute atomic E-state index is 0.0756. The monoisotopic (exact) mass is 292 g/mol. The first-order valence-electron chi connectivity index (χ1n) is 7.65. The molecule has 0 unspecified atom stereocenters. The summed E-state index contributed by atoms with van der Waals surface area (Å²) < 4.78 is 10.6. The summed E-state index contributed by atoms with van der Waals surface area (Å²) in [5.41, 5.74) is 2.58. The zero-order chi connectivity index (χ0) is 15.9. The Kier molecular flexibility index (Phi) is 6.73. The second-order valence-electron chi connectivity index (χ2n) is 6.48. The quantitative estimate of drug-likeness (QED) is 0.552. The molecule has 0 heterocycles. The molecule has 0 aliphatic carbocycles. The lowest BCUT2D eigenvalue weighted by molar-refractivity contribution is -0.140. The van der Waals surface area contributed by atoms with E-state index in [1.165, 1.54) is 18.2 Å². The molecule has 0 atom stereocenters. The van der Waals surface area contributed by atoms with Gasteiger partial charge in [-0.1, -0.05) is 38.5 Å². The Bertz CT molecular complexity index is 458. The highest BCUT2D eigenvalue weighted by molar-refractivity contribution is 5.68. The van der Waals surface area contributed by atoms with Gasteiger partial charge in [-0.25, -0.2) is 0 Å². The highest BCUT2D eigenvalue weighted by atomic mass is 16.5. The number of rotatable bonds is 7. The molecule has 118 valence electrons. The van der Waals surface area contributed by atoms with Gasteiger partial charge in [0.15, 0.2) is 0 Å². The number of methoxy groups -OCH3 is 1. The summed E-state index contributed by atoms with van der Waals surface area (Å²) in [5.74, 6) is 0.838. The number of carbonyl (C=O) groups is 1. The number of esters is 1. The van der Waals surface area contributed by atoms with Crippen molar-refractivity contribution in [3.8, 4) is 5.75 Å². The van der Waals surface area contributed by atoms with Crippen molar-refractivity contribution >= 4 is 5.97 Å². The lowest BCUT2D eigenvalue weighted by Crippen LogP contribution is -2.14. The van der Waals surface area contributed by atoms with Crippen LogP contribution in [0.5, 0.6) is 5.75 Å². The standard InChI is InChI=1S/C18H28O3/c1-14-10-11-16(15(13-14)18(2,3)4)21-12-8-6-7-9-17(19)20-5/h10-11,13H,6-9,12H2,1-5H3. The summed E-state index contributed by atoms with van der Waals surface area (Å²) >= 11 is 0. The lowest BCUT2D eigenvalue weighted by atomic mass is 9.85. The predicted octanol–water partition coefficient (Wildman–Crippen LogP) is 4.40. The van der Waals surface area contributed by atoms with E-state index < -0.39 is 0 Å². The molecule has 0 fully saturated rings. The average molecular weight is 292 g/mol. The van der Waals surface area contributed by atoms with E-state index in [4.69, 9.17) is 4.74 Å². The number of carbonyl (C=O) groups excluding carboxylic acids is 1.